The van der Waals surface area contributed by atoms with Crippen LogP contribution in [0.25, 0.3) is 0 Å². The SMILES string of the molecule is CCCC(CN)(CCC)C(=O)NCCCN(C)C. The molecular formula is C14H31N3O. The van der Waals surface area contributed by atoms with Crippen molar-refractivity contribution < 1.29 is 4.79 Å². The molecule has 108 valence electrons. The average molecular weight is 257 g/mol. The van der Waals surface area contributed by atoms with Crippen molar-refractivity contribution in [3.05, 3.63) is 0 Å². The van der Waals surface area contributed by atoms with Crippen molar-refractivity contribution in [2.24, 2.45) is 11.1 Å². The predicted molar refractivity (Wildman–Crippen MR) is 77.5 cm³/mol. The molecule has 0 aromatic heterocycles. The second-order valence-electron chi connectivity index (χ2n) is 5.40. The number of amides is 1. The molecule has 0 aliphatic heterocycles. The number of rotatable bonds is 10. The molecule has 0 fully saturated rings. The first-order valence-corrected chi connectivity index (χ1v) is 7.15. The van der Waals surface area contributed by atoms with Crippen molar-refractivity contribution in [2.45, 2.75) is 46.0 Å². The van der Waals surface area contributed by atoms with Gasteiger partial charge in [0, 0.05) is 13.1 Å². The second kappa shape index (κ2) is 9.34. The van der Waals surface area contributed by atoms with E-state index < -0.39 is 0 Å². The lowest BCUT2D eigenvalue weighted by atomic mass is 9.78. The molecule has 0 aliphatic rings. The minimum atomic E-state index is -0.346. The molecule has 0 radical (unpaired) electrons. The number of nitrogens with one attached hydrogen (secondary N) is 1. The molecule has 0 aliphatic carbocycles. The van der Waals surface area contributed by atoms with Crippen molar-refractivity contribution in [3.63, 3.8) is 0 Å². The Kier molecular flexibility index (Phi) is 9.02. The van der Waals surface area contributed by atoms with E-state index in [1.807, 2.05) is 14.1 Å². The standard InChI is InChI=1S/C14H31N3O/c1-5-8-14(12-15,9-6-2)13(18)16-10-7-11-17(3)4/h5-12,15H2,1-4H3,(H,16,18). The Labute approximate surface area is 112 Å². The van der Waals surface area contributed by atoms with E-state index in [4.69, 9.17) is 5.73 Å². The van der Waals surface area contributed by atoms with Gasteiger partial charge in [-0.05, 0) is 39.9 Å². The summed E-state index contributed by atoms with van der Waals surface area (Å²) in [5.41, 5.74) is 5.52. The third-order valence-electron chi connectivity index (χ3n) is 3.40. The summed E-state index contributed by atoms with van der Waals surface area (Å²) >= 11 is 0. The van der Waals surface area contributed by atoms with Crippen molar-refractivity contribution in [2.75, 3.05) is 33.7 Å². The van der Waals surface area contributed by atoms with Crippen LogP contribution < -0.4 is 11.1 Å². The van der Waals surface area contributed by atoms with Gasteiger partial charge in [0.05, 0.1) is 5.41 Å². The molecule has 0 unspecified atom stereocenters. The quantitative estimate of drug-likeness (QED) is 0.584. The van der Waals surface area contributed by atoms with Crippen molar-refractivity contribution in [1.29, 1.82) is 0 Å². The first-order chi connectivity index (χ1) is 8.52. The average Bonchev–Trinajstić information content (AvgIpc) is 2.33. The summed E-state index contributed by atoms with van der Waals surface area (Å²) < 4.78 is 0. The van der Waals surface area contributed by atoms with E-state index in [1.54, 1.807) is 0 Å². The molecule has 0 atom stereocenters. The Balaban J connectivity index is 4.28. The number of nitrogens with zero attached hydrogens (tertiary/aromatic N) is 1. The van der Waals surface area contributed by atoms with Crippen LogP contribution in [0.15, 0.2) is 0 Å². The topological polar surface area (TPSA) is 58.4 Å². The third kappa shape index (κ3) is 5.83. The van der Waals surface area contributed by atoms with E-state index in [0.717, 1.165) is 45.2 Å². The normalized spacial score (nSPS) is 11.9. The minimum Gasteiger partial charge on any atom is -0.356 e. The van der Waals surface area contributed by atoms with Gasteiger partial charge in [-0.2, -0.15) is 0 Å². The van der Waals surface area contributed by atoms with Crippen LogP contribution >= 0.6 is 0 Å². The second-order valence-corrected chi connectivity index (χ2v) is 5.40. The zero-order chi connectivity index (χ0) is 14.0. The van der Waals surface area contributed by atoms with Crippen LogP contribution in [0, 0.1) is 5.41 Å². The largest absolute Gasteiger partial charge is 0.356 e. The number of hydrogen-bond donors (Lipinski definition) is 2. The molecular weight excluding hydrogens is 226 g/mol. The fourth-order valence-corrected chi connectivity index (χ4v) is 2.39. The first kappa shape index (κ1) is 17.4. The highest BCUT2D eigenvalue weighted by Crippen LogP contribution is 2.28. The van der Waals surface area contributed by atoms with Crippen LogP contribution in [0.3, 0.4) is 0 Å². The zero-order valence-corrected chi connectivity index (χ0v) is 12.6. The van der Waals surface area contributed by atoms with Gasteiger partial charge < -0.3 is 16.0 Å². The highest BCUT2D eigenvalue weighted by molar-refractivity contribution is 5.82. The van der Waals surface area contributed by atoms with Crippen LogP contribution in [0.5, 0.6) is 0 Å². The van der Waals surface area contributed by atoms with E-state index >= 15 is 0 Å². The Hall–Kier alpha value is -0.610. The Bertz CT molecular complexity index is 223. The number of carbonyl (C=O) groups is 1. The lowest BCUT2D eigenvalue weighted by molar-refractivity contribution is -0.131. The van der Waals surface area contributed by atoms with E-state index in [1.165, 1.54) is 0 Å². The lowest BCUT2D eigenvalue weighted by Gasteiger charge is -2.30. The van der Waals surface area contributed by atoms with Crippen molar-refractivity contribution >= 4 is 5.91 Å². The summed E-state index contributed by atoms with van der Waals surface area (Å²) in [5.74, 6) is 0.146. The highest BCUT2D eigenvalue weighted by Gasteiger charge is 2.34. The molecule has 4 heteroatoms. The van der Waals surface area contributed by atoms with Gasteiger partial charge in [-0.1, -0.05) is 26.7 Å². The summed E-state index contributed by atoms with van der Waals surface area (Å²) in [6, 6.07) is 0. The van der Waals surface area contributed by atoms with E-state index in [-0.39, 0.29) is 11.3 Å². The van der Waals surface area contributed by atoms with Gasteiger partial charge in [0.2, 0.25) is 5.91 Å². The molecule has 0 saturated heterocycles. The molecule has 3 N–H and O–H groups in total. The van der Waals surface area contributed by atoms with Gasteiger partial charge in [0.25, 0.3) is 0 Å². The van der Waals surface area contributed by atoms with Gasteiger partial charge in [-0.15, -0.1) is 0 Å². The summed E-state index contributed by atoms with van der Waals surface area (Å²) in [5, 5.41) is 3.05. The molecule has 0 rings (SSSR count). The zero-order valence-electron chi connectivity index (χ0n) is 12.6. The number of carbonyl (C=O) groups excluding carboxylic acids is 1. The fraction of sp³-hybridized carbons (Fsp3) is 0.929. The fourth-order valence-electron chi connectivity index (χ4n) is 2.39. The van der Waals surface area contributed by atoms with Crippen LogP contribution in [0.4, 0.5) is 0 Å². The van der Waals surface area contributed by atoms with Gasteiger partial charge in [0.15, 0.2) is 0 Å². The molecule has 18 heavy (non-hydrogen) atoms. The smallest absolute Gasteiger partial charge is 0.227 e. The van der Waals surface area contributed by atoms with Gasteiger partial charge >= 0.3 is 0 Å². The maximum absolute atomic E-state index is 12.3. The number of hydrogen-bond acceptors (Lipinski definition) is 3. The molecule has 0 aromatic rings. The Morgan fingerprint density at radius 3 is 2.17 bits per heavy atom. The monoisotopic (exact) mass is 257 g/mol. The summed E-state index contributed by atoms with van der Waals surface area (Å²) in [4.78, 5) is 14.4. The van der Waals surface area contributed by atoms with Crippen LogP contribution in [0.1, 0.15) is 46.0 Å². The number of nitrogens with two attached hydrogens (primary N) is 1. The van der Waals surface area contributed by atoms with Gasteiger partial charge in [-0.3, -0.25) is 4.79 Å². The van der Waals surface area contributed by atoms with E-state index in [9.17, 15) is 4.79 Å². The maximum Gasteiger partial charge on any atom is 0.227 e. The lowest BCUT2D eigenvalue weighted by Crippen LogP contribution is -2.46. The van der Waals surface area contributed by atoms with E-state index in [0.29, 0.717) is 6.54 Å². The van der Waals surface area contributed by atoms with Crippen molar-refractivity contribution in [3.8, 4) is 0 Å². The third-order valence-corrected chi connectivity index (χ3v) is 3.40. The molecule has 0 spiro atoms. The molecule has 0 bridgehead atoms. The molecule has 1 amide bonds. The van der Waals surface area contributed by atoms with Crippen LogP contribution in [-0.4, -0.2) is 44.5 Å². The molecule has 0 saturated carbocycles. The minimum absolute atomic E-state index is 0.146. The van der Waals surface area contributed by atoms with E-state index in [2.05, 4.69) is 24.1 Å². The van der Waals surface area contributed by atoms with Crippen LogP contribution in [0.2, 0.25) is 0 Å². The molecule has 0 heterocycles. The Morgan fingerprint density at radius 1 is 1.22 bits per heavy atom. The summed E-state index contributed by atoms with van der Waals surface area (Å²) in [6.07, 6.45) is 4.76. The van der Waals surface area contributed by atoms with Gasteiger partial charge in [0.1, 0.15) is 0 Å². The predicted octanol–water partition coefficient (Wildman–Crippen LogP) is 1.60. The van der Waals surface area contributed by atoms with Gasteiger partial charge in [-0.25, -0.2) is 0 Å². The summed E-state index contributed by atoms with van der Waals surface area (Å²) in [7, 11) is 4.08. The summed E-state index contributed by atoms with van der Waals surface area (Å²) in [6.45, 7) is 6.41. The van der Waals surface area contributed by atoms with Crippen LogP contribution in [-0.2, 0) is 4.79 Å². The highest BCUT2D eigenvalue weighted by atomic mass is 16.2. The molecule has 0 aromatic carbocycles. The first-order valence-electron chi connectivity index (χ1n) is 7.15. The van der Waals surface area contributed by atoms with Crippen molar-refractivity contribution in [1.82, 2.24) is 10.2 Å². The Morgan fingerprint density at radius 2 is 1.78 bits per heavy atom. The maximum atomic E-state index is 12.3. The molecule has 4 nitrogen and oxygen atoms in total.